The summed E-state index contributed by atoms with van der Waals surface area (Å²) in [6, 6.07) is 8.57. The van der Waals surface area contributed by atoms with Crippen LogP contribution in [0.2, 0.25) is 0 Å². The van der Waals surface area contributed by atoms with Crippen LogP contribution in [-0.4, -0.2) is 28.2 Å². The first-order chi connectivity index (χ1) is 14.0. The van der Waals surface area contributed by atoms with Gasteiger partial charge in [-0.2, -0.15) is 0 Å². The van der Waals surface area contributed by atoms with Gasteiger partial charge in [0.05, 0.1) is 25.2 Å². The predicted molar refractivity (Wildman–Crippen MR) is 117 cm³/mol. The highest BCUT2D eigenvalue weighted by molar-refractivity contribution is 7.89. The lowest BCUT2D eigenvalue weighted by molar-refractivity contribution is 0.0699. The smallest absolute Gasteiger partial charge is 0.241 e. The number of hydrogen-bond acceptors (Lipinski definition) is 5. The molecule has 1 unspecified atom stereocenters. The van der Waals surface area contributed by atoms with E-state index in [9.17, 15) is 8.42 Å². The number of ether oxygens (including phenoxy) is 3. The van der Waals surface area contributed by atoms with Crippen LogP contribution in [-0.2, 0) is 10.0 Å². The van der Waals surface area contributed by atoms with Crippen LogP contribution in [0.4, 0.5) is 0 Å². The van der Waals surface area contributed by atoms with Gasteiger partial charge in [0.25, 0.3) is 0 Å². The van der Waals surface area contributed by atoms with E-state index in [4.69, 9.17) is 14.2 Å². The standard InChI is InChI=1S/C23H31NO5S/c1-14(2)18-12-22(15(3)10-20(18)28-7)30(25,26)24-19-13-23(4,5)29-21-11-16(27-6)8-9-17(19)21/h8-12,14,19,24H,13H2,1-7H3. The Kier molecular flexibility index (Phi) is 6.07. The van der Waals surface area contributed by atoms with Crippen LogP contribution < -0.4 is 18.9 Å². The highest BCUT2D eigenvalue weighted by Crippen LogP contribution is 2.42. The quantitative estimate of drug-likeness (QED) is 0.714. The summed E-state index contributed by atoms with van der Waals surface area (Å²) in [5, 5.41) is 0. The molecule has 1 N–H and O–H groups in total. The molecule has 164 valence electrons. The van der Waals surface area contributed by atoms with Crippen molar-refractivity contribution in [3.05, 3.63) is 47.0 Å². The number of benzene rings is 2. The molecule has 0 spiro atoms. The molecule has 6 nitrogen and oxygen atoms in total. The Morgan fingerprint density at radius 3 is 2.43 bits per heavy atom. The fourth-order valence-corrected chi connectivity index (χ4v) is 5.39. The lowest BCUT2D eigenvalue weighted by Gasteiger charge is -2.38. The first-order valence-corrected chi connectivity index (χ1v) is 11.5. The molecule has 7 heteroatoms. The van der Waals surface area contributed by atoms with E-state index in [0.29, 0.717) is 29.2 Å². The van der Waals surface area contributed by atoms with Gasteiger partial charge < -0.3 is 14.2 Å². The molecule has 0 bridgehead atoms. The van der Waals surface area contributed by atoms with E-state index >= 15 is 0 Å². The summed E-state index contributed by atoms with van der Waals surface area (Å²) < 4.78 is 46.6. The minimum Gasteiger partial charge on any atom is -0.497 e. The maximum Gasteiger partial charge on any atom is 0.241 e. The molecular weight excluding hydrogens is 402 g/mol. The Morgan fingerprint density at radius 2 is 1.83 bits per heavy atom. The van der Waals surface area contributed by atoms with Gasteiger partial charge in [0.2, 0.25) is 10.0 Å². The molecule has 0 amide bonds. The molecule has 2 aromatic carbocycles. The van der Waals surface area contributed by atoms with Gasteiger partial charge in [-0.05, 0) is 56.0 Å². The summed E-state index contributed by atoms with van der Waals surface area (Å²) in [5.41, 5.74) is 1.78. The van der Waals surface area contributed by atoms with Crippen LogP contribution in [0.25, 0.3) is 0 Å². The highest BCUT2D eigenvalue weighted by Gasteiger charge is 2.36. The maximum absolute atomic E-state index is 13.4. The van der Waals surface area contributed by atoms with E-state index in [1.165, 1.54) is 0 Å². The molecule has 0 radical (unpaired) electrons. The number of rotatable bonds is 6. The molecule has 30 heavy (non-hydrogen) atoms. The van der Waals surface area contributed by atoms with Crippen molar-refractivity contribution in [2.75, 3.05) is 14.2 Å². The first kappa shape index (κ1) is 22.4. The molecule has 2 aromatic rings. The second-order valence-electron chi connectivity index (χ2n) is 8.66. The first-order valence-electron chi connectivity index (χ1n) is 10.0. The van der Waals surface area contributed by atoms with Crippen molar-refractivity contribution >= 4 is 10.0 Å². The van der Waals surface area contributed by atoms with Crippen molar-refractivity contribution in [2.45, 2.75) is 63.5 Å². The zero-order chi connectivity index (χ0) is 22.3. The molecule has 0 aromatic heterocycles. The number of methoxy groups -OCH3 is 2. The van der Waals surface area contributed by atoms with Crippen LogP contribution >= 0.6 is 0 Å². The van der Waals surface area contributed by atoms with Crippen LogP contribution in [0.5, 0.6) is 17.2 Å². The summed E-state index contributed by atoms with van der Waals surface area (Å²) in [6.45, 7) is 9.72. The Bertz CT molecular complexity index is 1040. The Labute approximate surface area is 179 Å². The number of aryl methyl sites for hydroxylation is 1. The van der Waals surface area contributed by atoms with Crippen molar-refractivity contribution in [3.8, 4) is 17.2 Å². The minimum absolute atomic E-state index is 0.129. The third-order valence-corrected chi connectivity index (χ3v) is 7.03. The topological polar surface area (TPSA) is 73.9 Å². The van der Waals surface area contributed by atoms with Crippen LogP contribution in [0.1, 0.15) is 62.8 Å². The Hall–Kier alpha value is -2.25. The third-order valence-electron chi connectivity index (χ3n) is 5.41. The average Bonchev–Trinajstić information content (AvgIpc) is 2.65. The molecule has 0 fully saturated rings. The van der Waals surface area contributed by atoms with Crippen molar-refractivity contribution in [3.63, 3.8) is 0 Å². The molecule has 1 aliphatic heterocycles. The van der Waals surface area contributed by atoms with Crippen LogP contribution in [0.3, 0.4) is 0 Å². The number of nitrogens with one attached hydrogen (secondary N) is 1. The second kappa shape index (κ2) is 8.12. The largest absolute Gasteiger partial charge is 0.497 e. The van der Waals surface area contributed by atoms with Gasteiger partial charge in [-0.25, -0.2) is 13.1 Å². The minimum atomic E-state index is -3.77. The van der Waals surface area contributed by atoms with Crippen molar-refractivity contribution in [1.29, 1.82) is 0 Å². The third kappa shape index (κ3) is 4.42. The number of hydrogen-bond donors (Lipinski definition) is 1. The zero-order valence-electron chi connectivity index (χ0n) is 18.7. The predicted octanol–water partition coefficient (Wildman–Crippen LogP) is 4.72. The second-order valence-corrected chi connectivity index (χ2v) is 10.3. The summed E-state index contributed by atoms with van der Waals surface area (Å²) in [7, 11) is -0.581. The van der Waals surface area contributed by atoms with E-state index < -0.39 is 21.7 Å². The lowest BCUT2D eigenvalue weighted by atomic mass is 9.90. The molecular formula is C23H31NO5S. The average molecular weight is 434 g/mol. The summed E-state index contributed by atoms with van der Waals surface area (Å²) in [6.07, 6.45) is 0.512. The van der Waals surface area contributed by atoms with Gasteiger partial charge in [0.15, 0.2) is 0 Å². The molecule has 0 saturated carbocycles. The van der Waals surface area contributed by atoms with Gasteiger partial charge in [-0.3, -0.25) is 0 Å². The summed E-state index contributed by atoms with van der Waals surface area (Å²) in [4.78, 5) is 0.270. The molecule has 1 aliphatic rings. The zero-order valence-corrected chi connectivity index (χ0v) is 19.5. The normalized spacial score (nSPS) is 17.9. The van der Waals surface area contributed by atoms with Gasteiger partial charge in [-0.1, -0.05) is 19.9 Å². The maximum atomic E-state index is 13.4. The molecule has 1 heterocycles. The van der Waals surface area contributed by atoms with E-state index in [2.05, 4.69) is 4.72 Å². The molecule has 0 saturated heterocycles. The van der Waals surface area contributed by atoms with Gasteiger partial charge in [0.1, 0.15) is 22.8 Å². The molecule has 1 atom stereocenters. The molecule has 3 rings (SSSR count). The van der Waals surface area contributed by atoms with Gasteiger partial charge in [-0.15, -0.1) is 0 Å². The number of sulfonamides is 1. The number of fused-ring (bicyclic) bond motifs is 1. The monoisotopic (exact) mass is 433 g/mol. The summed E-state index contributed by atoms with van der Waals surface area (Å²) in [5.74, 6) is 2.13. The van der Waals surface area contributed by atoms with E-state index in [1.807, 2.05) is 39.8 Å². The van der Waals surface area contributed by atoms with E-state index in [0.717, 1.165) is 11.1 Å². The SMILES string of the molecule is COc1ccc2c(c1)OC(C)(C)CC2NS(=O)(=O)c1cc(C(C)C)c(OC)cc1C. The Morgan fingerprint density at radius 1 is 1.13 bits per heavy atom. The molecule has 0 aliphatic carbocycles. The van der Waals surface area contributed by atoms with Crippen molar-refractivity contribution < 1.29 is 22.6 Å². The van der Waals surface area contributed by atoms with E-state index in [1.54, 1.807) is 39.3 Å². The van der Waals surface area contributed by atoms with Gasteiger partial charge in [0, 0.05) is 18.1 Å². The van der Waals surface area contributed by atoms with E-state index in [-0.39, 0.29) is 10.8 Å². The van der Waals surface area contributed by atoms with Crippen molar-refractivity contribution in [1.82, 2.24) is 4.72 Å². The van der Waals surface area contributed by atoms with Crippen LogP contribution in [0, 0.1) is 6.92 Å². The highest BCUT2D eigenvalue weighted by atomic mass is 32.2. The summed E-state index contributed by atoms with van der Waals surface area (Å²) >= 11 is 0. The fraction of sp³-hybridized carbons (Fsp3) is 0.478. The van der Waals surface area contributed by atoms with Crippen molar-refractivity contribution in [2.24, 2.45) is 0 Å². The Balaban J connectivity index is 2.03. The fourth-order valence-electron chi connectivity index (χ4n) is 3.91. The van der Waals surface area contributed by atoms with Crippen LogP contribution in [0.15, 0.2) is 35.2 Å². The van der Waals surface area contributed by atoms with Gasteiger partial charge >= 0.3 is 0 Å². The lowest BCUT2D eigenvalue weighted by Crippen LogP contribution is -2.41.